The van der Waals surface area contributed by atoms with Crippen molar-refractivity contribution in [2.45, 2.75) is 26.4 Å². The highest BCUT2D eigenvalue weighted by Gasteiger charge is 2.15. The van der Waals surface area contributed by atoms with Crippen molar-refractivity contribution in [2.24, 2.45) is 5.92 Å². The number of aliphatic hydroxyl groups is 1. The van der Waals surface area contributed by atoms with Crippen LogP contribution in [-0.2, 0) is 6.42 Å². The molecule has 106 valence electrons. The first-order chi connectivity index (χ1) is 9.47. The van der Waals surface area contributed by atoms with E-state index in [0.717, 1.165) is 17.5 Å². The maximum Gasteiger partial charge on any atom is 0.130 e. The van der Waals surface area contributed by atoms with Crippen molar-refractivity contribution in [1.82, 2.24) is 0 Å². The van der Waals surface area contributed by atoms with E-state index in [-0.39, 0.29) is 0 Å². The summed E-state index contributed by atoms with van der Waals surface area (Å²) in [7, 11) is 0. The fourth-order valence-electron chi connectivity index (χ4n) is 2.26. The summed E-state index contributed by atoms with van der Waals surface area (Å²) in [5.74, 6) is 0.146. The molecule has 0 heterocycles. The zero-order valence-corrected chi connectivity index (χ0v) is 13.2. The first kappa shape index (κ1) is 15.2. The van der Waals surface area contributed by atoms with Crippen LogP contribution in [0.1, 0.15) is 36.6 Å². The number of hydrogen-bond donors (Lipinski definition) is 1. The summed E-state index contributed by atoms with van der Waals surface area (Å²) in [6, 6.07) is 12.4. The number of rotatable bonds is 4. The first-order valence-electron chi connectivity index (χ1n) is 6.69. The van der Waals surface area contributed by atoms with Crippen molar-refractivity contribution < 1.29 is 9.50 Å². The van der Waals surface area contributed by atoms with Crippen molar-refractivity contribution in [1.29, 1.82) is 0 Å². The molecule has 0 spiro atoms. The van der Waals surface area contributed by atoms with Crippen LogP contribution in [0, 0.1) is 11.7 Å². The summed E-state index contributed by atoms with van der Waals surface area (Å²) in [6.45, 7) is 4.30. The second-order valence-corrected chi connectivity index (χ2v) is 6.33. The molecular weight excluding hydrogens is 319 g/mol. The van der Waals surface area contributed by atoms with Crippen LogP contribution in [0.25, 0.3) is 0 Å². The fourth-order valence-corrected chi connectivity index (χ4v) is 2.60. The monoisotopic (exact) mass is 336 g/mol. The standard InChI is InChI=1S/C17H18BrFO/c1-11(2)8-12-4-3-5-13(9-12)17(20)15-7-6-14(18)10-16(15)19/h3-7,9-11,17,20H,8H2,1-2H3. The molecule has 1 nitrogen and oxygen atoms in total. The summed E-state index contributed by atoms with van der Waals surface area (Å²) < 4.78 is 14.6. The molecule has 2 aromatic rings. The van der Waals surface area contributed by atoms with Crippen LogP contribution in [0.5, 0.6) is 0 Å². The van der Waals surface area contributed by atoms with E-state index in [9.17, 15) is 9.50 Å². The van der Waals surface area contributed by atoms with Gasteiger partial charge in [0.25, 0.3) is 0 Å². The van der Waals surface area contributed by atoms with E-state index in [0.29, 0.717) is 16.0 Å². The molecular formula is C17H18BrFO. The molecule has 0 fully saturated rings. The van der Waals surface area contributed by atoms with Crippen molar-refractivity contribution in [3.63, 3.8) is 0 Å². The summed E-state index contributed by atoms with van der Waals surface area (Å²) in [6.07, 6.45) is 0.0128. The molecule has 1 N–H and O–H groups in total. The van der Waals surface area contributed by atoms with E-state index in [1.54, 1.807) is 12.1 Å². The fraction of sp³-hybridized carbons (Fsp3) is 0.294. The molecule has 0 aromatic heterocycles. The van der Waals surface area contributed by atoms with Gasteiger partial charge in [-0.2, -0.15) is 0 Å². The Bertz CT molecular complexity index is 595. The minimum Gasteiger partial charge on any atom is -0.384 e. The van der Waals surface area contributed by atoms with Crippen molar-refractivity contribution in [3.8, 4) is 0 Å². The lowest BCUT2D eigenvalue weighted by atomic mass is 9.96. The van der Waals surface area contributed by atoms with Crippen LogP contribution in [-0.4, -0.2) is 5.11 Å². The predicted molar refractivity (Wildman–Crippen MR) is 83.1 cm³/mol. The number of aliphatic hydroxyl groups excluding tert-OH is 1. The molecule has 0 aliphatic carbocycles. The Hall–Kier alpha value is -1.19. The summed E-state index contributed by atoms with van der Waals surface area (Å²) in [4.78, 5) is 0. The molecule has 0 amide bonds. The SMILES string of the molecule is CC(C)Cc1cccc(C(O)c2ccc(Br)cc2F)c1. The minimum absolute atomic E-state index is 0.301. The molecule has 2 rings (SSSR count). The van der Waals surface area contributed by atoms with Gasteiger partial charge in [-0.05, 0) is 35.6 Å². The maximum absolute atomic E-state index is 13.9. The minimum atomic E-state index is -0.935. The molecule has 1 unspecified atom stereocenters. The third kappa shape index (κ3) is 3.68. The topological polar surface area (TPSA) is 20.2 Å². The van der Waals surface area contributed by atoms with Gasteiger partial charge in [0, 0.05) is 10.0 Å². The van der Waals surface area contributed by atoms with Crippen molar-refractivity contribution in [3.05, 3.63) is 69.4 Å². The molecule has 3 heteroatoms. The Morgan fingerprint density at radius 2 is 1.90 bits per heavy atom. The van der Waals surface area contributed by atoms with Gasteiger partial charge < -0.3 is 5.11 Å². The van der Waals surface area contributed by atoms with Crippen LogP contribution >= 0.6 is 15.9 Å². The first-order valence-corrected chi connectivity index (χ1v) is 7.48. The van der Waals surface area contributed by atoms with E-state index >= 15 is 0 Å². The second-order valence-electron chi connectivity index (χ2n) is 5.41. The zero-order chi connectivity index (χ0) is 14.7. The van der Waals surface area contributed by atoms with Crippen molar-refractivity contribution in [2.75, 3.05) is 0 Å². The molecule has 0 saturated carbocycles. The predicted octanol–water partition coefficient (Wildman–Crippen LogP) is 4.87. The molecule has 2 aromatic carbocycles. The largest absolute Gasteiger partial charge is 0.384 e. The Morgan fingerprint density at radius 1 is 1.15 bits per heavy atom. The summed E-state index contributed by atoms with van der Waals surface area (Å²) in [5.41, 5.74) is 2.19. The highest BCUT2D eigenvalue weighted by molar-refractivity contribution is 9.10. The van der Waals surface area contributed by atoms with Gasteiger partial charge >= 0.3 is 0 Å². The molecule has 0 aliphatic heterocycles. The van der Waals surface area contributed by atoms with Crippen LogP contribution in [0.3, 0.4) is 0 Å². The summed E-state index contributed by atoms with van der Waals surface area (Å²) in [5, 5.41) is 10.4. The van der Waals surface area contributed by atoms with Crippen LogP contribution in [0.15, 0.2) is 46.9 Å². The van der Waals surface area contributed by atoms with Crippen LogP contribution < -0.4 is 0 Å². The summed E-state index contributed by atoms with van der Waals surface area (Å²) >= 11 is 3.22. The van der Waals surface area contributed by atoms with E-state index in [1.165, 1.54) is 6.07 Å². The highest BCUT2D eigenvalue weighted by atomic mass is 79.9. The zero-order valence-electron chi connectivity index (χ0n) is 11.6. The van der Waals surface area contributed by atoms with Crippen LogP contribution in [0.4, 0.5) is 4.39 Å². The molecule has 20 heavy (non-hydrogen) atoms. The molecule has 0 aliphatic rings. The lowest BCUT2D eigenvalue weighted by Gasteiger charge is -2.14. The van der Waals surface area contributed by atoms with E-state index in [4.69, 9.17) is 0 Å². The van der Waals surface area contributed by atoms with Gasteiger partial charge in [0.1, 0.15) is 11.9 Å². The Kier molecular flexibility index (Phi) is 4.95. The van der Waals surface area contributed by atoms with E-state index in [1.807, 2.05) is 24.3 Å². The quantitative estimate of drug-likeness (QED) is 0.844. The molecule has 0 saturated heterocycles. The third-order valence-electron chi connectivity index (χ3n) is 3.17. The number of hydrogen-bond acceptors (Lipinski definition) is 1. The number of halogens is 2. The van der Waals surface area contributed by atoms with Gasteiger partial charge in [0.15, 0.2) is 0 Å². The Labute approximate surface area is 127 Å². The number of benzene rings is 2. The molecule has 1 atom stereocenters. The molecule has 0 bridgehead atoms. The smallest absolute Gasteiger partial charge is 0.130 e. The maximum atomic E-state index is 13.9. The van der Waals surface area contributed by atoms with Gasteiger partial charge in [0.05, 0.1) is 0 Å². The third-order valence-corrected chi connectivity index (χ3v) is 3.66. The second kappa shape index (κ2) is 6.51. The van der Waals surface area contributed by atoms with Crippen LogP contribution in [0.2, 0.25) is 0 Å². The Morgan fingerprint density at radius 3 is 2.55 bits per heavy atom. The van der Waals surface area contributed by atoms with Crippen molar-refractivity contribution >= 4 is 15.9 Å². The van der Waals surface area contributed by atoms with Gasteiger partial charge in [0.2, 0.25) is 0 Å². The van der Waals surface area contributed by atoms with Gasteiger partial charge in [-0.3, -0.25) is 0 Å². The Balaban J connectivity index is 2.30. The normalized spacial score (nSPS) is 12.7. The lowest BCUT2D eigenvalue weighted by molar-refractivity contribution is 0.215. The highest BCUT2D eigenvalue weighted by Crippen LogP contribution is 2.27. The molecule has 0 radical (unpaired) electrons. The van der Waals surface area contributed by atoms with E-state index < -0.39 is 11.9 Å². The van der Waals surface area contributed by atoms with Gasteiger partial charge in [-0.25, -0.2) is 4.39 Å². The van der Waals surface area contributed by atoms with Gasteiger partial charge in [-0.15, -0.1) is 0 Å². The average Bonchev–Trinajstić information content (AvgIpc) is 2.37. The van der Waals surface area contributed by atoms with E-state index in [2.05, 4.69) is 29.8 Å². The van der Waals surface area contributed by atoms with Gasteiger partial charge in [-0.1, -0.05) is 60.1 Å². The lowest BCUT2D eigenvalue weighted by Crippen LogP contribution is -2.04. The average molecular weight is 337 g/mol.